The molecule has 4 unspecified atom stereocenters. The third-order valence-electron chi connectivity index (χ3n) is 5.77. The van der Waals surface area contributed by atoms with Crippen molar-refractivity contribution >= 4 is 15.6 Å². The first kappa shape index (κ1) is 25.1. The quantitative estimate of drug-likeness (QED) is 0.421. The predicted molar refractivity (Wildman–Crippen MR) is 120 cm³/mol. The van der Waals surface area contributed by atoms with E-state index in [1.165, 1.54) is 49.5 Å². The minimum absolute atomic E-state index is 0.0276. The number of carbonyl (C=O) groups excluding carboxylic acids is 1. The number of sulfone groups is 1. The van der Waals surface area contributed by atoms with Crippen LogP contribution in [0.3, 0.4) is 0 Å². The van der Waals surface area contributed by atoms with Crippen molar-refractivity contribution in [2.24, 2.45) is 0 Å². The van der Waals surface area contributed by atoms with Gasteiger partial charge in [-0.15, -0.1) is 5.10 Å². The summed E-state index contributed by atoms with van der Waals surface area (Å²) in [4.78, 5) is 11.3. The van der Waals surface area contributed by atoms with Gasteiger partial charge in [-0.1, -0.05) is 29.5 Å². The molecule has 0 aliphatic carbocycles. The molecule has 3 aromatic rings. The van der Waals surface area contributed by atoms with Gasteiger partial charge in [0.15, 0.2) is 5.44 Å². The van der Waals surface area contributed by atoms with E-state index in [1.54, 1.807) is 12.1 Å². The topological polar surface area (TPSA) is 152 Å². The van der Waals surface area contributed by atoms with Crippen LogP contribution in [-0.2, 0) is 25.8 Å². The van der Waals surface area contributed by atoms with Crippen LogP contribution >= 0.6 is 0 Å². The molecule has 2 heterocycles. The Kier molecular flexibility index (Phi) is 7.10. The summed E-state index contributed by atoms with van der Waals surface area (Å²) < 4.78 is 47.0. The van der Waals surface area contributed by atoms with E-state index in [1.807, 2.05) is 0 Å². The van der Waals surface area contributed by atoms with E-state index in [4.69, 9.17) is 4.74 Å². The van der Waals surface area contributed by atoms with Gasteiger partial charge in [0.25, 0.3) is 0 Å². The van der Waals surface area contributed by atoms with Crippen LogP contribution in [0.5, 0.6) is 0 Å². The highest BCUT2D eigenvalue weighted by Crippen LogP contribution is 2.35. The van der Waals surface area contributed by atoms with Gasteiger partial charge < -0.3 is 20.1 Å². The minimum Gasteiger partial charge on any atom is -0.394 e. The van der Waals surface area contributed by atoms with E-state index >= 15 is 0 Å². The number of Topliss-reactive ketones (excluding diaryl/α,β-unsaturated/α-hetero) is 1. The van der Waals surface area contributed by atoms with Gasteiger partial charge in [-0.2, -0.15) is 0 Å². The second kappa shape index (κ2) is 9.91. The average molecular weight is 506 g/mol. The first-order valence-electron chi connectivity index (χ1n) is 10.7. The van der Waals surface area contributed by atoms with Gasteiger partial charge >= 0.3 is 0 Å². The summed E-state index contributed by atoms with van der Waals surface area (Å²) in [6.45, 7) is 0.648. The maximum Gasteiger partial charge on any atom is 0.207 e. The third kappa shape index (κ3) is 5.02. The van der Waals surface area contributed by atoms with Crippen molar-refractivity contribution in [1.82, 2.24) is 15.0 Å². The number of aliphatic hydroxyl groups excluding tert-OH is 3. The van der Waals surface area contributed by atoms with Crippen LogP contribution in [0.2, 0.25) is 0 Å². The van der Waals surface area contributed by atoms with Crippen LogP contribution < -0.4 is 0 Å². The zero-order valence-electron chi connectivity index (χ0n) is 18.6. The fraction of sp³-hybridized carbons (Fsp3) is 0.348. The monoisotopic (exact) mass is 505 g/mol. The van der Waals surface area contributed by atoms with Gasteiger partial charge in [-0.25, -0.2) is 17.5 Å². The molecule has 0 saturated carbocycles. The molecule has 4 rings (SSSR count). The van der Waals surface area contributed by atoms with Gasteiger partial charge in [0.1, 0.15) is 41.6 Å². The first-order chi connectivity index (χ1) is 16.6. The van der Waals surface area contributed by atoms with E-state index in [2.05, 4.69) is 10.3 Å². The maximum absolute atomic E-state index is 13.6. The molecule has 1 fully saturated rings. The number of hydrogen-bond donors (Lipinski definition) is 3. The van der Waals surface area contributed by atoms with E-state index < -0.39 is 52.1 Å². The molecule has 10 nitrogen and oxygen atoms in total. The molecule has 0 bridgehead atoms. The summed E-state index contributed by atoms with van der Waals surface area (Å²) in [6.07, 6.45) is -3.34. The Morgan fingerprint density at radius 1 is 1.14 bits per heavy atom. The number of halogens is 1. The smallest absolute Gasteiger partial charge is 0.207 e. The molecular weight excluding hydrogens is 481 g/mol. The molecule has 3 N–H and O–H groups in total. The van der Waals surface area contributed by atoms with Gasteiger partial charge in [-0.3, -0.25) is 4.79 Å². The summed E-state index contributed by atoms with van der Waals surface area (Å²) in [5, 5.41) is 39.4. The number of aromatic nitrogens is 3. The van der Waals surface area contributed by atoms with Crippen molar-refractivity contribution in [3.8, 4) is 11.3 Å². The highest BCUT2D eigenvalue weighted by molar-refractivity contribution is 7.92. The van der Waals surface area contributed by atoms with Crippen molar-refractivity contribution in [2.75, 3.05) is 6.61 Å². The number of aliphatic hydroxyl groups is 3. The minimum atomic E-state index is -4.34. The second-order valence-corrected chi connectivity index (χ2v) is 10.4. The Labute approximate surface area is 200 Å². The lowest BCUT2D eigenvalue weighted by atomic mass is 9.97. The van der Waals surface area contributed by atoms with Gasteiger partial charge in [0.05, 0.1) is 17.7 Å². The zero-order chi connectivity index (χ0) is 25.3. The largest absolute Gasteiger partial charge is 0.394 e. The number of benzene rings is 2. The Hall–Kier alpha value is -3.03. The maximum atomic E-state index is 13.6. The van der Waals surface area contributed by atoms with E-state index in [0.717, 1.165) is 4.68 Å². The van der Waals surface area contributed by atoms with Crippen molar-refractivity contribution < 1.29 is 37.7 Å². The molecule has 35 heavy (non-hydrogen) atoms. The van der Waals surface area contributed by atoms with Crippen LogP contribution in [0, 0.1) is 5.82 Å². The molecule has 2 aromatic carbocycles. The van der Waals surface area contributed by atoms with Gasteiger partial charge in [0, 0.05) is 12.0 Å². The summed E-state index contributed by atoms with van der Waals surface area (Å²) >= 11 is 0. The van der Waals surface area contributed by atoms with E-state index in [0.29, 0.717) is 11.1 Å². The summed E-state index contributed by atoms with van der Waals surface area (Å²) in [5.74, 6) is -0.654. The molecule has 1 aliphatic rings. The number of rotatable bonds is 7. The predicted octanol–water partition coefficient (Wildman–Crippen LogP) is 0.670. The van der Waals surface area contributed by atoms with Crippen molar-refractivity contribution in [1.29, 1.82) is 0 Å². The lowest BCUT2D eigenvalue weighted by Gasteiger charge is -2.41. The summed E-state index contributed by atoms with van der Waals surface area (Å²) in [6, 6.07) is 9.90. The number of nitrogens with zero attached hydrogens (tertiary/aromatic N) is 3. The number of hydrogen-bond acceptors (Lipinski definition) is 9. The Morgan fingerprint density at radius 2 is 1.89 bits per heavy atom. The number of ether oxygens (including phenoxy) is 1. The van der Waals surface area contributed by atoms with Crippen molar-refractivity contribution in [3.63, 3.8) is 0 Å². The van der Waals surface area contributed by atoms with Crippen LogP contribution in [-0.4, -0.2) is 74.9 Å². The second-order valence-electron chi connectivity index (χ2n) is 8.36. The SMILES string of the molecule is CC(=O)Cc1cccc(S(=O)(=O)C2OC(CO)[C@H](O)C(n3cc(-c4cccc(F)c4)nn3)C2O)c1. The van der Waals surface area contributed by atoms with Crippen molar-refractivity contribution in [2.45, 2.75) is 48.0 Å². The summed E-state index contributed by atoms with van der Waals surface area (Å²) in [5.41, 5.74) is -0.776. The standard InChI is InChI=1S/C23H24FN3O7S/c1-13(29)8-14-4-2-7-17(9-14)35(32,33)23-22(31)20(21(30)19(12-28)34-23)27-11-18(25-26-27)15-5-3-6-16(24)10-15/h2-7,9-11,19-23,28,30-31H,8,12H2,1H3/t19?,20?,21-,22?,23?/m0/s1. The van der Waals surface area contributed by atoms with E-state index in [9.17, 15) is 32.9 Å². The lowest BCUT2D eigenvalue weighted by Crippen LogP contribution is -2.58. The first-order valence-corrected chi connectivity index (χ1v) is 12.3. The lowest BCUT2D eigenvalue weighted by molar-refractivity contribution is -0.180. The number of carbonyl (C=O) groups is 1. The molecule has 5 atom stereocenters. The van der Waals surface area contributed by atoms with E-state index in [-0.39, 0.29) is 22.8 Å². The Balaban J connectivity index is 1.70. The number of ketones is 1. The molecule has 0 amide bonds. The highest BCUT2D eigenvalue weighted by atomic mass is 32.2. The zero-order valence-corrected chi connectivity index (χ0v) is 19.4. The van der Waals surface area contributed by atoms with Gasteiger partial charge in [-0.05, 0) is 36.8 Å². The van der Waals surface area contributed by atoms with Crippen LogP contribution in [0.1, 0.15) is 18.5 Å². The van der Waals surface area contributed by atoms with Gasteiger partial charge in [0.2, 0.25) is 9.84 Å². The van der Waals surface area contributed by atoms with Crippen LogP contribution in [0.25, 0.3) is 11.3 Å². The molecular formula is C23H24FN3O7S. The molecule has 1 saturated heterocycles. The fourth-order valence-corrected chi connectivity index (χ4v) is 5.76. The average Bonchev–Trinajstić information content (AvgIpc) is 3.29. The van der Waals surface area contributed by atoms with Crippen molar-refractivity contribution in [3.05, 3.63) is 66.1 Å². The Morgan fingerprint density at radius 3 is 2.57 bits per heavy atom. The molecule has 0 spiro atoms. The molecule has 0 radical (unpaired) electrons. The third-order valence-corrected chi connectivity index (χ3v) is 7.68. The van der Waals surface area contributed by atoms with Crippen LogP contribution in [0.4, 0.5) is 4.39 Å². The fourth-order valence-electron chi connectivity index (χ4n) is 4.09. The molecule has 186 valence electrons. The summed E-state index contributed by atoms with van der Waals surface area (Å²) in [7, 11) is -4.34. The molecule has 1 aromatic heterocycles. The normalized spacial score (nSPS) is 24.9. The molecule has 12 heteroatoms. The highest BCUT2D eigenvalue weighted by Gasteiger charge is 2.51. The Bertz CT molecular complexity index is 1330. The molecule has 1 aliphatic heterocycles. The van der Waals surface area contributed by atoms with Crippen LogP contribution in [0.15, 0.2) is 59.6 Å².